The Balaban J connectivity index is 2.04. The van der Waals surface area contributed by atoms with Gasteiger partial charge in [-0.1, -0.05) is 25.2 Å². The van der Waals surface area contributed by atoms with Crippen molar-refractivity contribution in [2.24, 2.45) is 5.73 Å². The van der Waals surface area contributed by atoms with E-state index in [0.717, 1.165) is 16.9 Å². The van der Waals surface area contributed by atoms with Crippen molar-refractivity contribution in [2.75, 3.05) is 6.54 Å². The van der Waals surface area contributed by atoms with Crippen LogP contribution >= 0.6 is 11.3 Å². The van der Waals surface area contributed by atoms with Crippen LogP contribution in [0.5, 0.6) is 0 Å². The molecule has 1 unspecified atom stereocenters. The lowest BCUT2D eigenvalue weighted by atomic mass is 10.2. The summed E-state index contributed by atoms with van der Waals surface area (Å²) in [6, 6.07) is 1.21. The van der Waals surface area contributed by atoms with Crippen molar-refractivity contribution >= 4 is 23.3 Å². The molecule has 1 atom stereocenters. The third-order valence-electron chi connectivity index (χ3n) is 2.99. The van der Waals surface area contributed by atoms with Gasteiger partial charge in [-0.2, -0.15) is 0 Å². The molecule has 0 aromatic carbocycles. The number of nitrogens with two attached hydrogens (primary N) is 1. The van der Waals surface area contributed by atoms with E-state index in [4.69, 9.17) is 5.73 Å². The summed E-state index contributed by atoms with van der Waals surface area (Å²) in [5.41, 5.74) is 6.19. The number of carbonyl (C=O) groups excluding carboxylic acids is 2. The highest BCUT2D eigenvalue weighted by Crippen LogP contribution is 2.19. The Morgan fingerprint density at radius 3 is 3.00 bits per heavy atom. The standard InChI is InChI=1S/C14H17N3O2S/c1-2-4-12-13(18)17(14(19)16-12)8-11-7-10(9-20-11)5-3-6-15/h7,9,12H,2,4,6,8,15H2,1H3,(H,16,19). The predicted molar refractivity (Wildman–Crippen MR) is 78.0 cm³/mol. The van der Waals surface area contributed by atoms with Crippen molar-refractivity contribution in [3.05, 3.63) is 21.9 Å². The maximum Gasteiger partial charge on any atom is 0.325 e. The molecule has 6 heteroatoms. The SMILES string of the molecule is CCCC1NC(=O)N(Cc2cc(C#CCN)cs2)C1=O. The van der Waals surface area contributed by atoms with E-state index in [0.29, 0.717) is 19.5 Å². The molecular formula is C14H17N3O2S. The van der Waals surface area contributed by atoms with Gasteiger partial charge in [-0.3, -0.25) is 9.69 Å². The molecule has 20 heavy (non-hydrogen) atoms. The van der Waals surface area contributed by atoms with Crippen LogP contribution in [0.3, 0.4) is 0 Å². The van der Waals surface area contributed by atoms with Gasteiger partial charge < -0.3 is 11.1 Å². The molecule has 106 valence electrons. The number of nitrogens with one attached hydrogen (secondary N) is 1. The summed E-state index contributed by atoms with van der Waals surface area (Å²) in [4.78, 5) is 26.1. The lowest BCUT2D eigenvalue weighted by Crippen LogP contribution is -2.30. The molecule has 0 spiro atoms. The van der Waals surface area contributed by atoms with Crippen LogP contribution in [0.4, 0.5) is 4.79 Å². The van der Waals surface area contributed by atoms with Crippen molar-refractivity contribution in [3.8, 4) is 11.8 Å². The number of imide groups is 1. The molecule has 2 rings (SSSR count). The Kier molecular flexibility index (Phi) is 4.77. The number of rotatable bonds is 4. The molecule has 3 amide bonds. The highest BCUT2D eigenvalue weighted by molar-refractivity contribution is 7.10. The number of nitrogens with zero attached hydrogens (tertiary/aromatic N) is 1. The van der Waals surface area contributed by atoms with E-state index in [1.165, 1.54) is 16.2 Å². The fraction of sp³-hybridized carbons (Fsp3) is 0.429. The lowest BCUT2D eigenvalue weighted by molar-refractivity contribution is -0.127. The summed E-state index contributed by atoms with van der Waals surface area (Å²) in [5, 5.41) is 4.62. The van der Waals surface area contributed by atoms with E-state index in [-0.39, 0.29) is 18.0 Å². The normalized spacial score (nSPS) is 17.9. The van der Waals surface area contributed by atoms with Gasteiger partial charge >= 0.3 is 6.03 Å². The van der Waals surface area contributed by atoms with Crippen LogP contribution in [-0.4, -0.2) is 29.4 Å². The van der Waals surface area contributed by atoms with Gasteiger partial charge in [0.2, 0.25) is 0 Å². The number of hydrogen-bond acceptors (Lipinski definition) is 4. The van der Waals surface area contributed by atoms with E-state index in [9.17, 15) is 9.59 Å². The Morgan fingerprint density at radius 1 is 1.50 bits per heavy atom. The largest absolute Gasteiger partial charge is 0.326 e. The predicted octanol–water partition coefficient (Wildman–Crippen LogP) is 1.28. The lowest BCUT2D eigenvalue weighted by Gasteiger charge is -2.11. The molecule has 0 bridgehead atoms. The number of thiophene rings is 1. The maximum absolute atomic E-state index is 12.1. The van der Waals surface area contributed by atoms with E-state index in [2.05, 4.69) is 17.2 Å². The first-order valence-corrected chi connectivity index (χ1v) is 7.42. The molecule has 5 nitrogen and oxygen atoms in total. The molecule has 1 aromatic heterocycles. The average Bonchev–Trinajstić information content (AvgIpc) is 2.98. The molecule has 1 aliphatic rings. The Morgan fingerprint density at radius 2 is 2.30 bits per heavy atom. The molecular weight excluding hydrogens is 274 g/mol. The van der Waals surface area contributed by atoms with Crippen molar-refractivity contribution < 1.29 is 9.59 Å². The number of amides is 3. The van der Waals surface area contributed by atoms with Gasteiger partial charge in [0, 0.05) is 15.8 Å². The average molecular weight is 291 g/mol. The molecule has 2 heterocycles. The second kappa shape index (κ2) is 6.55. The van der Waals surface area contributed by atoms with Gasteiger partial charge in [-0.25, -0.2) is 4.79 Å². The zero-order chi connectivity index (χ0) is 14.5. The molecule has 1 fully saturated rings. The first-order chi connectivity index (χ1) is 9.65. The minimum atomic E-state index is -0.371. The molecule has 0 radical (unpaired) electrons. The highest BCUT2D eigenvalue weighted by Gasteiger charge is 2.37. The smallest absolute Gasteiger partial charge is 0.325 e. The fourth-order valence-electron chi connectivity index (χ4n) is 2.05. The van der Waals surface area contributed by atoms with Crippen molar-refractivity contribution in [1.29, 1.82) is 0 Å². The minimum Gasteiger partial charge on any atom is -0.326 e. The maximum atomic E-state index is 12.1. The van der Waals surface area contributed by atoms with Crippen LogP contribution in [0.2, 0.25) is 0 Å². The van der Waals surface area contributed by atoms with Crippen molar-refractivity contribution in [3.63, 3.8) is 0 Å². The summed E-state index contributed by atoms with van der Waals surface area (Å²) in [7, 11) is 0. The zero-order valence-corrected chi connectivity index (χ0v) is 12.1. The Bertz CT molecular complexity index is 570. The van der Waals surface area contributed by atoms with Crippen LogP contribution in [-0.2, 0) is 11.3 Å². The van der Waals surface area contributed by atoms with Crippen LogP contribution < -0.4 is 11.1 Å². The van der Waals surface area contributed by atoms with Crippen LogP contribution in [0.25, 0.3) is 0 Å². The summed E-state index contributed by atoms with van der Waals surface area (Å²) < 4.78 is 0. The number of hydrogen-bond donors (Lipinski definition) is 2. The van der Waals surface area contributed by atoms with E-state index in [1.54, 1.807) is 0 Å². The summed E-state index contributed by atoms with van der Waals surface area (Å²) in [6.07, 6.45) is 1.54. The molecule has 1 aliphatic heterocycles. The second-order valence-corrected chi connectivity index (χ2v) is 5.52. The zero-order valence-electron chi connectivity index (χ0n) is 11.3. The molecule has 1 aromatic rings. The molecule has 0 saturated carbocycles. The first kappa shape index (κ1) is 14.6. The quantitative estimate of drug-likeness (QED) is 0.648. The van der Waals surface area contributed by atoms with Gasteiger partial charge in [0.1, 0.15) is 6.04 Å². The minimum absolute atomic E-state index is 0.139. The number of carbonyl (C=O) groups is 2. The third kappa shape index (κ3) is 3.18. The summed E-state index contributed by atoms with van der Waals surface area (Å²) in [5.74, 6) is 5.57. The molecule has 1 saturated heterocycles. The number of urea groups is 1. The molecule has 3 N–H and O–H groups in total. The van der Waals surface area contributed by atoms with Crippen LogP contribution in [0.15, 0.2) is 11.4 Å². The third-order valence-corrected chi connectivity index (χ3v) is 3.91. The topological polar surface area (TPSA) is 75.4 Å². The first-order valence-electron chi connectivity index (χ1n) is 6.54. The monoisotopic (exact) mass is 291 g/mol. The summed E-state index contributed by atoms with van der Waals surface area (Å²) in [6.45, 7) is 2.61. The van der Waals surface area contributed by atoms with E-state index < -0.39 is 0 Å². The van der Waals surface area contributed by atoms with Gasteiger partial charge in [0.05, 0.1) is 13.1 Å². The van der Waals surface area contributed by atoms with Gasteiger partial charge in [0.15, 0.2) is 0 Å². The Labute approximate surface area is 122 Å². The second-order valence-electron chi connectivity index (χ2n) is 4.52. The van der Waals surface area contributed by atoms with Crippen molar-refractivity contribution in [1.82, 2.24) is 10.2 Å². The van der Waals surface area contributed by atoms with E-state index >= 15 is 0 Å². The summed E-state index contributed by atoms with van der Waals surface area (Å²) >= 11 is 1.49. The van der Waals surface area contributed by atoms with Crippen molar-refractivity contribution in [2.45, 2.75) is 32.4 Å². The van der Waals surface area contributed by atoms with Crippen LogP contribution in [0, 0.1) is 11.8 Å². The van der Waals surface area contributed by atoms with Gasteiger partial charge in [-0.15, -0.1) is 11.3 Å². The van der Waals surface area contributed by atoms with E-state index in [1.807, 2.05) is 18.4 Å². The molecule has 0 aliphatic carbocycles. The Hall–Kier alpha value is -1.84. The highest BCUT2D eigenvalue weighted by atomic mass is 32.1. The fourth-order valence-corrected chi connectivity index (χ4v) is 2.85. The van der Waals surface area contributed by atoms with Gasteiger partial charge in [0.25, 0.3) is 5.91 Å². The van der Waals surface area contributed by atoms with Gasteiger partial charge in [-0.05, 0) is 12.5 Å². The van der Waals surface area contributed by atoms with Crippen LogP contribution in [0.1, 0.15) is 30.2 Å².